The van der Waals surface area contributed by atoms with E-state index < -0.39 is 5.97 Å². The van der Waals surface area contributed by atoms with E-state index in [-0.39, 0.29) is 12.7 Å². The molecule has 1 N–H and O–H groups in total. The molecule has 0 saturated heterocycles. The fourth-order valence-corrected chi connectivity index (χ4v) is 3.18. The highest BCUT2D eigenvalue weighted by Crippen LogP contribution is 2.20. The van der Waals surface area contributed by atoms with Gasteiger partial charge in [0.15, 0.2) is 0 Å². The molecule has 0 saturated carbocycles. The zero-order valence-electron chi connectivity index (χ0n) is 18.7. The molecule has 0 fully saturated rings. The van der Waals surface area contributed by atoms with Crippen molar-refractivity contribution in [1.29, 1.82) is 0 Å². The van der Waals surface area contributed by atoms with Crippen LogP contribution in [-0.2, 0) is 27.3 Å². The van der Waals surface area contributed by atoms with Gasteiger partial charge in [0.25, 0.3) is 0 Å². The molecule has 0 radical (unpaired) electrons. The second-order valence-electron chi connectivity index (χ2n) is 7.47. The van der Waals surface area contributed by atoms with Crippen LogP contribution in [0.1, 0.15) is 29.7 Å². The van der Waals surface area contributed by atoms with E-state index in [0.717, 1.165) is 36.0 Å². The lowest BCUT2D eigenvalue weighted by atomic mass is 10.0. The zero-order valence-corrected chi connectivity index (χ0v) is 18.7. The molecule has 6 nitrogen and oxygen atoms in total. The smallest absolute Gasteiger partial charge is 0.407 e. The first kappa shape index (κ1) is 23.7. The lowest BCUT2D eigenvalue weighted by Crippen LogP contribution is -2.25. The number of methoxy groups -OCH3 is 1. The lowest BCUT2D eigenvalue weighted by molar-refractivity contribution is -0.134. The number of nitrogens with zero attached hydrogens (tertiary/aromatic N) is 1. The average molecular weight is 445 g/mol. The molecule has 3 rings (SSSR count). The SMILES string of the molecule is COC(=O)/C=C/c1ccc(-c2ccc(CCCCNC(=O)OCc3ccccc3)cc2)cn1. The maximum atomic E-state index is 11.8. The summed E-state index contributed by atoms with van der Waals surface area (Å²) in [5, 5.41) is 2.79. The molecule has 0 aliphatic rings. The fraction of sp³-hybridized carbons (Fsp3) is 0.222. The van der Waals surface area contributed by atoms with E-state index in [1.807, 2.05) is 42.5 Å². The number of aromatic nitrogens is 1. The Morgan fingerprint density at radius 3 is 2.36 bits per heavy atom. The predicted molar refractivity (Wildman–Crippen MR) is 128 cm³/mol. The number of pyridine rings is 1. The summed E-state index contributed by atoms with van der Waals surface area (Å²) in [5.74, 6) is -0.407. The normalized spacial score (nSPS) is 10.7. The molecule has 0 spiro atoms. The number of esters is 1. The van der Waals surface area contributed by atoms with Crippen molar-refractivity contribution in [1.82, 2.24) is 10.3 Å². The predicted octanol–water partition coefficient (Wildman–Crippen LogP) is 5.18. The molecule has 1 amide bonds. The van der Waals surface area contributed by atoms with E-state index in [0.29, 0.717) is 12.2 Å². The molecule has 1 heterocycles. The summed E-state index contributed by atoms with van der Waals surface area (Å²) in [5.41, 5.74) is 5.00. The third-order valence-corrected chi connectivity index (χ3v) is 5.04. The monoisotopic (exact) mass is 444 g/mol. The Balaban J connectivity index is 1.36. The summed E-state index contributed by atoms with van der Waals surface area (Å²) < 4.78 is 9.78. The summed E-state index contributed by atoms with van der Waals surface area (Å²) >= 11 is 0. The number of carbonyl (C=O) groups excluding carboxylic acids is 2. The molecule has 170 valence electrons. The summed E-state index contributed by atoms with van der Waals surface area (Å²) in [4.78, 5) is 27.3. The first-order chi connectivity index (χ1) is 16.1. The number of hydrogen-bond acceptors (Lipinski definition) is 5. The van der Waals surface area contributed by atoms with Crippen LogP contribution in [0.25, 0.3) is 17.2 Å². The summed E-state index contributed by atoms with van der Waals surface area (Å²) in [6.45, 7) is 0.871. The van der Waals surface area contributed by atoms with Crippen LogP contribution in [0.5, 0.6) is 0 Å². The Kier molecular flexibility index (Phi) is 9.21. The first-order valence-corrected chi connectivity index (χ1v) is 10.9. The van der Waals surface area contributed by atoms with Crippen molar-refractivity contribution < 1.29 is 19.1 Å². The number of amides is 1. The number of nitrogens with one attached hydrogen (secondary N) is 1. The second-order valence-corrected chi connectivity index (χ2v) is 7.47. The van der Waals surface area contributed by atoms with E-state index in [1.165, 1.54) is 18.7 Å². The minimum Gasteiger partial charge on any atom is -0.466 e. The highest BCUT2D eigenvalue weighted by atomic mass is 16.5. The van der Waals surface area contributed by atoms with Crippen molar-refractivity contribution in [3.05, 3.63) is 95.8 Å². The van der Waals surface area contributed by atoms with Gasteiger partial charge in [-0.05, 0) is 48.1 Å². The van der Waals surface area contributed by atoms with Crippen LogP contribution in [0.15, 0.2) is 79.0 Å². The Hall–Kier alpha value is -3.93. The van der Waals surface area contributed by atoms with Crippen LogP contribution in [0.2, 0.25) is 0 Å². The van der Waals surface area contributed by atoms with Gasteiger partial charge in [-0.25, -0.2) is 9.59 Å². The van der Waals surface area contributed by atoms with Gasteiger partial charge in [0, 0.05) is 24.4 Å². The second kappa shape index (κ2) is 12.8. The molecule has 0 bridgehead atoms. The average Bonchev–Trinajstić information content (AvgIpc) is 2.87. The van der Waals surface area contributed by atoms with Crippen LogP contribution < -0.4 is 5.32 Å². The molecule has 6 heteroatoms. The standard InChI is InChI=1S/C27H28N2O4/c1-32-26(30)17-16-25-15-14-24(19-29-25)23-12-10-21(11-13-23)7-5-6-18-28-27(31)33-20-22-8-3-2-4-9-22/h2-4,8-17,19H,5-7,18,20H2,1H3,(H,28,31)/b17-16+. The molecule has 2 aromatic carbocycles. The molecule has 0 atom stereocenters. The topological polar surface area (TPSA) is 77.5 Å². The maximum absolute atomic E-state index is 11.8. The number of benzene rings is 2. The lowest BCUT2D eigenvalue weighted by Gasteiger charge is -2.08. The molecule has 3 aromatic rings. The number of aryl methyl sites for hydroxylation is 1. The largest absolute Gasteiger partial charge is 0.466 e. The van der Waals surface area contributed by atoms with Crippen LogP contribution in [0, 0.1) is 0 Å². The molecular weight excluding hydrogens is 416 g/mol. The van der Waals surface area contributed by atoms with E-state index in [1.54, 1.807) is 12.3 Å². The first-order valence-electron chi connectivity index (χ1n) is 10.9. The molecule has 1 aromatic heterocycles. The zero-order chi connectivity index (χ0) is 23.3. The minimum atomic E-state index is -0.407. The molecule has 0 aliphatic carbocycles. The Morgan fingerprint density at radius 2 is 1.67 bits per heavy atom. The number of carbonyl (C=O) groups is 2. The number of unbranched alkanes of at least 4 members (excludes halogenated alkanes) is 1. The molecule has 0 aliphatic heterocycles. The van der Waals surface area contributed by atoms with E-state index in [4.69, 9.17) is 4.74 Å². The third-order valence-electron chi connectivity index (χ3n) is 5.04. The number of rotatable bonds is 10. The van der Waals surface area contributed by atoms with Gasteiger partial charge in [0.1, 0.15) is 6.61 Å². The van der Waals surface area contributed by atoms with Gasteiger partial charge in [0.2, 0.25) is 0 Å². The van der Waals surface area contributed by atoms with E-state index >= 15 is 0 Å². The third kappa shape index (κ3) is 8.26. The maximum Gasteiger partial charge on any atom is 0.407 e. The van der Waals surface area contributed by atoms with Crippen LogP contribution in [0.3, 0.4) is 0 Å². The van der Waals surface area contributed by atoms with Crippen molar-refractivity contribution in [3.8, 4) is 11.1 Å². The van der Waals surface area contributed by atoms with Crippen molar-refractivity contribution in [3.63, 3.8) is 0 Å². The Morgan fingerprint density at radius 1 is 0.909 bits per heavy atom. The van der Waals surface area contributed by atoms with Gasteiger partial charge in [-0.3, -0.25) is 4.98 Å². The molecule has 0 unspecified atom stereocenters. The highest BCUT2D eigenvalue weighted by molar-refractivity contribution is 5.86. The van der Waals surface area contributed by atoms with Gasteiger partial charge < -0.3 is 14.8 Å². The van der Waals surface area contributed by atoms with Gasteiger partial charge in [-0.1, -0.05) is 60.7 Å². The molecule has 33 heavy (non-hydrogen) atoms. The Bertz CT molecular complexity index is 1050. The van der Waals surface area contributed by atoms with Crippen molar-refractivity contribution in [2.45, 2.75) is 25.9 Å². The van der Waals surface area contributed by atoms with Gasteiger partial charge in [-0.15, -0.1) is 0 Å². The van der Waals surface area contributed by atoms with Crippen molar-refractivity contribution in [2.24, 2.45) is 0 Å². The van der Waals surface area contributed by atoms with E-state index in [2.05, 4.69) is 39.3 Å². The minimum absolute atomic E-state index is 0.279. The Labute approximate surface area is 194 Å². The number of ether oxygens (including phenoxy) is 2. The molecular formula is C27H28N2O4. The number of hydrogen-bond donors (Lipinski definition) is 1. The van der Waals surface area contributed by atoms with E-state index in [9.17, 15) is 9.59 Å². The van der Waals surface area contributed by atoms with Crippen LogP contribution in [-0.4, -0.2) is 30.7 Å². The van der Waals surface area contributed by atoms with Crippen molar-refractivity contribution in [2.75, 3.05) is 13.7 Å². The van der Waals surface area contributed by atoms with Gasteiger partial charge >= 0.3 is 12.1 Å². The fourth-order valence-electron chi connectivity index (χ4n) is 3.18. The summed E-state index contributed by atoms with van der Waals surface area (Å²) in [7, 11) is 1.34. The quantitative estimate of drug-likeness (QED) is 0.265. The van der Waals surface area contributed by atoms with Crippen molar-refractivity contribution >= 4 is 18.1 Å². The highest BCUT2D eigenvalue weighted by Gasteiger charge is 2.03. The van der Waals surface area contributed by atoms with Crippen LogP contribution in [0.4, 0.5) is 4.79 Å². The summed E-state index contributed by atoms with van der Waals surface area (Å²) in [6, 6.07) is 21.8. The number of alkyl carbamates (subject to hydrolysis) is 1. The summed E-state index contributed by atoms with van der Waals surface area (Å²) in [6.07, 6.45) is 7.17. The van der Waals surface area contributed by atoms with Crippen LogP contribution >= 0.6 is 0 Å². The van der Waals surface area contributed by atoms with Gasteiger partial charge in [0.05, 0.1) is 12.8 Å². The van der Waals surface area contributed by atoms with Gasteiger partial charge in [-0.2, -0.15) is 0 Å².